The fourth-order valence-corrected chi connectivity index (χ4v) is 2.11. The fraction of sp³-hybridized carbons (Fsp3) is 0.643. The van der Waals surface area contributed by atoms with E-state index in [0.717, 1.165) is 36.6 Å². The van der Waals surface area contributed by atoms with E-state index >= 15 is 0 Å². The lowest BCUT2D eigenvalue weighted by atomic mass is 10.1. The van der Waals surface area contributed by atoms with E-state index in [9.17, 15) is 0 Å². The second-order valence-electron chi connectivity index (χ2n) is 4.59. The topological polar surface area (TPSA) is 64.8 Å². The summed E-state index contributed by atoms with van der Waals surface area (Å²) in [5, 5.41) is 12.1. The first-order valence-electron chi connectivity index (χ1n) is 6.84. The van der Waals surface area contributed by atoms with Crippen LogP contribution in [0.4, 0.5) is 11.6 Å². The van der Waals surface area contributed by atoms with Gasteiger partial charge in [0.2, 0.25) is 0 Å². The maximum absolute atomic E-state index is 8.98. The van der Waals surface area contributed by atoms with Crippen LogP contribution in [0.3, 0.4) is 0 Å². The highest BCUT2D eigenvalue weighted by molar-refractivity contribution is 5.58. The molecule has 0 saturated heterocycles. The van der Waals surface area contributed by atoms with E-state index in [1.807, 2.05) is 14.0 Å². The predicted octanol–water partition coefficient (Wildman–Crippen LogP) is 2.46. The average Bonchev–Trinajstić information content (AvgIpc) is 2.45. The van der Waals surface area contributed by atoms with E-state index < -0.39 is 0 Å². The third-order valence-corrected chi connectivity index (χ3v) is 3.06. The summed E-state index contributed by atoms with van der Waals surface area (Å²) in [6.07, 6.45) is 3.56. The summed E-state index contributed by atoms with van der Waals surface area (Å²) >= 11 is 0. The van der Waals surface area contributed by atoms with Crippen LogP contribution in [0.15, 0.2) is 6.33 Å². The molecule has 19 heavy (non-hydrogen) atoms. The highest BCUT2D eigenvalue weighted by Crippen LogP contribution is 2.25. The van der Waals surface area contributed by atoms with E-state index in [2.05, 4.69) is 40.1 Å². The van der Waals surface area contributed by atoms with Crippen LogP contribution in [0.5, 0.6) is 0 Å². The van der Waals surface area contributed by atoms with Gasteiger partial charge in [0, 0.05) is 25.7 Å². The molecule has 1 heterocycles. The second-order valence-corrected chi connectivity index (χ2v) is 4.59. The predicted molar refractivity (Wildman–Crippen MR) is 78.2 cm³/mol. The van der Waals surface area contributed by atoms with Gasteiger partial charge in [-0.3, -0.25) is 0 Å². The van der Waals surface area contributed by atoms with Crippen LogP contribution in [0.25, 0.3) is 0 Å². The molecule has 1 atom stereocenters. The fourth-order valence-electron chi connectivity index (χ4n) is 2.11. The molecular formula is C14H23N5. The maximum Gasteiger partial charge on any atom is 0.137 e. The number of hydrogen-bond acceptors (Lipinski definition) is 5. The first-order valence-corrected chi connectivity index (χ1v) is 6.84. The first kappa shape index (κ1) is 15.2. The van der Waals surface area contributed by atoms with Gasteiger partial charge in [-0.1, -0.05) is 13.3 Å². The average molecular weight is 261 g/mol. The van der Waals surface area contributed by atoms with Crippen molar-refractivity contribution in [2.45, 2.75) is 33.6 Å². The standard InChI is InChI=1S/C14H23N5/c1-5-7-12-13(16-4)17-10-18-14(12)19(6-2)9-11(3)8-15/h10-11H,5-7,9H2,1-4H3,(H,16,17,18). The van der Waals surface area contributed by atoms with Crippen LogP contribution in [0, 0.1) is 17.2 Å². The molecule has 0 amide bonds. The molecule has 0 aliphatic carbocycles. The number of rotatable bonds is 7. The summed E-state index contributed by atoms with van der Waals surface area (Å²) in [6, 6.07) is 2.28. The zero-order valence-corrected chi connectivity index (χ0v) is 12.3. The maximum atomic E-state index is 8.98. The highest BCUT2D eigenvalue weighted by atomic mass is 15.2. The van der Waals surface area contributed by atoms with Crippen LogP contribution in [-0.4, -0.2) is 30.1 Å². The van der Waals surface area contributed by atoms with E-state index in [1.54, 1.807) is 6.33 Å². The number of nitrogens with zero attached hydrogens (tertiary/aromatic N) is 4. The minimum Gasteiger partial charge on any atom is -0.373 e. The Bertz CT molecular complexity index is 438. The van der Waals surface area contributed by atoms with Crippen molar-refractivity contribution in [2.24, 2.45) is 5.92 Å². The summed E-state index contributed by atoms with van der Waals surface area (Å²) in [5.41, 5.74) is 1.14. The van der Waals surface area contributed by atoms with Crippen LogP contribution in [0.2, 0.25) is 0 Å². The largest absolute Gasteiger partial charge is 0.373 e. The van der Waals surface area contributed by atoms with Gasteiger partial charge in [-0.2, -0.15) is 5.26 Å². The van der Waals surface area contributed by atoms with Gasteiger partial charge in [0.1, 0.15) is 18.0 Å². The van der Waals surface area contributed by atoms with Gasteiger partial charge in [0.25, 0.3) is 0 Å². The molecule has 0 spiro atoms. The quantitative estimate of drug-likeness (QED) is 0.816. The number of aromatic nitrogens is 2. The Labute approximate surface area is 115 Å². The third-order valence-electron chi connectivity index (χ3n) is 3.06. The molecule has 1 aromatic heterocycles. The van der Waals surface area contributed by atoms with E-state index in [4.69, 9.17) is 5.26 Å². The summed E-state index contributed by atoms with van der Waals surface area (Å²) < 4.78 is 0. The van der Waals surface area contributed by atoms with Crippen molar-refractivity contribution >= 4 is 11.6 Å². The number of nitriles is 1. The van der Waals surface area contributed by atoms with Crippen molar-refractivity contribution in [3.8, 4) is 6.07 Å². The molecule has 1 N–H and O–H groups in total. The number of hydrogen-bond donors (Lipinski definition) is 1. The Morgan fingerprint density at radius 2 is 2.16 bits per heavy atom. The lowest BCUT2D eigenvalue weighted by Crippen LogP contribution is -2.30. The molecule has 1 rings (SSSR count). The van der Waals surface area contributed by atoms with Gasteiger partial charge in [0.05, 0.1) is 12.0 Å². The smallest absolute Gasteiger partial charge is 0.137 e. The van der Waals surface area contributed by atoms with Gasteiger partial charge in [0.15, 0.2) is 0 Å². The molecule has 0 aromatic carbocycles. The highest BCUT2D eigenvalue weighted by Gasteiger charge is 2.17. The SMILES string of the molecule is CCCc1c(NC)ncnc1N(CC)CC(C)C#N. The normalized spacial score (nSPS) is 11.7. The van der Waals surface area contributed by atoms with E-state index in [-0.39, 0.29) is 5.92 Å². The Hall–Kier alpha value is -1.83. The molecule has 0 fully saturated rings. The van der Waals surface area contributed by atoms with Gasteiger partial charge >= 0.3 is 0 Å². The summed E-state index contributed by atoms with van der Waals surface area (Å²) in [4.78, 5) is 10.9. The second kappa shape index (κ2) is 7.57. The Kier molecular flexibility index (Phi) is 6.07. The molecule has 5 heteroatoms. The molecule has 0 aliphatic heterocycles. The zero-order chi connectivity index (χ0) is 14.3. The van der Waals surface area contributed by atoms with Crippen molar-refractivity contribution in [1.29, 1.82) is 5.26 Å². The zero-order valence-electron chi connectivity index (χ0n) is 12.3. The van der Waals surface area contributed by atoms with Crippen molar-refractivity contribution < 1.29 is 0 Å². The molecule has 1 unspecified atom stereocenters. The monoisotopic (exact) mass is 261 g/mol. The van der Waals surface area contributed by atoms with Crippen molar-refractivity contribution in [3.05, 3.63) is 11.9 Å². The molecule has 0 bridgehead atoms. The van der Waals surface area contributed by atoms with Crippen LogP contribution in [-0.2, 0) is 6.42 Å². The Morgan fingerprint density at radius 1 is 1.42 bits per heavy atom. The third kappa shape index (κ3) is 3.82. The van der Waals surface area contributed by atoms with Crippen LogP contribution < -0.4 is 10.2 Å². The van der Waals surface area contributed by atoms with Gasteiger partial charge < -0.3 is 10.2 Å². The van der Waals surface area contributed by atoms with Gasteiger partial charge in [-0.25, -0.2) is 9.97 Å². The lowest BCUT2D eigenvalue weighted by molar-refractivity contribution is 0.674. The molecule has 0 saturated carbocycles. The van der Waals surface area contributed by atoms with Gasteiger partial charge in [-0.15, -0.1) is 0 Å². The van der Waals surface area contributed by atoms with E-state index in [1.165, 1.54) is 0 Å². The molecule has 1 aromatic rings. The van der Waals surface area contributed by atoms with E-state index in [0.29, 0.717) is 6.54 Å². The Balaban J connectivity index is 3.11. The summed E-state index contributed by atoms with van der Waals surface area (Å²) in [5.74, 6) is 1.82. The summed E-state index contributed by atoms with van der Waals surface area (Å²) in [6.45, 7) is 7.69. The number of anilines is 2. The van der Waals surface area contributed by atoms with Crippen molar-refractivity contribution in [1.82, 2.24) is 9.97 Å². The summed E-state index contributed by atoms with van der Waals surface area (Å²) in [7, 11) is 1.87. The lowest BCUT2D eigenvalue weighted by Gasteiger charge is -2.26. The van der Waals surface area contributed by atoms with Crippen molar-refractivity contribution in [3.63, 3.8) is 0 Å². The molecule has 0 radical (unpaired) electrons. The van der Waals surface area contributed by atoms with Crippen LogP contribution in [0.1, 0.15) is 32.8 Å². The molecular weight excluding hydrogens is 238 g/mol. The number of nitrogens with one attached hydrogen (secondary N) is 1. The van der Waals surface area contributed by atoms with Gasteiger partial charge in [-0.05, 0) is 20.3 Å². The molecule has 104 valence electrons. The first-order chi connectivity index (χ1) is 9.17. The van der Waals surface area contributed by atoms with Crippen molar-refractivity contribution in [2.75, 3.05) is 30.4 Å². The minimum absolute atomic E-state index is 0.0116. The van der Waals surface area contributed by atoms with Crippen LogP contribution >= 0.6 is 0 Å². The molecule has 5 nitrogen and oxygen atoms in total. The minimum atomic E-state index is -0.0116. The molecule has 0 aliphatic rings. The Morgan fingerprint density at radius 3 is 2.68 bits per heavy atom.